The van der Waals surface area contributed by atoms with E-state index in [1.54, 1.807) is 0 Å². The molecular formula is C17H19Cl2NO. The second-order valence-electron chi connectivity index (χ2n) is 4.89. The van der Waals surface area contributed by atoms with Crippen molar-refractivity contribution < 1.29 is 4.74 Å². The molecule has 0 amide bonds. The number of rotatable bonds is 6. The molecule has 21 heavy (non-hydrogen) atoms. The van der Waals surface area contributed by atoms with Crippen molar-refractivity contribution in [3.8, 4) is 5.75 Å². The summed E-state index contributed by atoms with van der Waals surface area (Å²) in [6.07, 6.45) is 0.862. The van der Waals surface area contributed by atoms with Crippen LogP contribution in [-0.2, 0) is 6.42 Å². The fraction of sp³-hybridized carbons (Fsp3) is 0.294. The smallest absolute Gasteiger partial charge is 0.119 e. The maximum atomic E-state index is 6.08. The van der Waals surface area contributed by atoms with Crippen LogP contribution in [0.15, 0.2) is 42.5 Å². The molecule has 0 aromatic heterocycles. The summed E-state index contributed by atoms with van der Waals surface area (Å²) in [5.74, 6) is 1.11. The number of nitrogens with two attached hydrogens (primary N) is 1. The monoisotopic (exact) mass is 323 g/mol. The highest BCUT2D eigenvalue weighted by Crippen LogP contribution is 2.28. The lowest BCUT2D eigenvalue weighted by Crippen LogP contribution is -2.15. The first-order valence-electron chi connectivity index (χ1n) is 7.00. The molecule has 1 unspecified atom stereocenters. The number of hydrogen-bond donors (Lipinski definition) is 1. The minimum absolute atomic E-state index is 0.220. The Hall–Kier alpha value is -1.22. The maximum absolute atomic E-state index is 6.08. The van der Waals surface area contributed by atoms with Gasteiger partial charge in [-0.3, -0.25) is 0 Å². The van der Waals surface area contributed by atoms with Gasteiger partial charge in [0.25, 0.3) is 0 Å². The van der Waals surface area contributed by atoms with Gasteiger partial charge in [-0.1, -0.05) is 41.4 Å². The van der Waals surface area contributed by atoms with Crippen LogP contribution >= 0.6 is 23.2 Å². The van der Waals surface area contributed by atoms with Gasteiger partial charge in [0.1, 0.15) is 5.75 Å². The molecule has 2 rings (SSSR count). The van der Waals surface area contributed by atoms with Crippen molar-refractivity contribution in [3.05, 3.63) is 63.6 Å². The van der Waals surface area contributed by atoms with E-state index in [0.717, 1.165) is 17.7 Å². The molecule has 0 heterocycles. The highest BCUT2D eigenvalue weighted by Gasteiger charge is 2.12. The zero-order valence-electron chi connectivity index (χ0n) is 12.0. The van der Waals surface area contributed by atoms with Crippen LogP contribution in [0.4, 0.5) is 0 Å². The summed E-state index contributed by atoms with van der Waals surface area (Å²) in [5.41, 5.74) is 8.25. The van der Waals surface area contributed by atoms with Gasteiger partial charge in [-0.2, -0.15) is 0 Å². The molecule has 2 nitrogen and oxygen atoms in total. The second kappa shape index (κ2) is 7.69. The first-order chi connectivity index (χ1) is 10.1. The van der Waals surface area contributed by atoms with Crippen LogP contribution in [0.2, 0.25) is 10.0 Å². The lowest BCUT2D eigenvalue weighted by molar-refractivity contribution is 0.340. The van der Waals surface area contributed by atoms with E-state index < -0.39 is 0 Å². The maximum Gasteiger partial charge on any atom is 0.119 e. The summed E-state index contributed by atoms with van der Waals surface area (Å²) in [6, 6.07) is 13.8. The Balaban J connectivity index is 2.12. The highest BCUT2D eigenvalue weighted by atomic mass is 35.5. The van der Waals surface area contributed by atoms with Crippen molar-refractivity contribution in [2.24, 2.45) is 5.73 Å². The van der Waals surface area contributed by atoms with E-state index in [4.69, 9.17) is 33.7 Å². The third-order valence-electron chi connectivity index (χ3n) is 3.42. The SMILES string of the molecule is CCOc1ccc(CC(CN)c2ccc(Cl)c(Cl)c2)cc1. The Labute approximate surface area is 135 Å². The molecule has 0 radical (unpaired) electrons. The van der Waals surface area contributed by atoms with E-state index in [2.05, 4.69) is 12.1 Å². The Bertz CT molecular complexity index is 584. The molecule has 2 N–H and O–H groups in total. The molecule has 0 aliphatic rings. The van der Waals surface area contributed by atoms with Crippen LogP contribution in [0.1, 0.15) is 24.0 Å². The molecule has 112 valence electrons. The van der Waals surface area contributed by atoms with Crippen molar-refractivity contribution in [2.75, 3.05) is 13.2 Å². The van der Waals surface area contributed by atoms with Crippen LogP contribution in [0, 0.1) is 0 Å². The first kappa shape index (κ1) is 16.2. The van der Waals surface area contributed by atoms with Crippen LogP contribution in [0.3, 0.4) is 0 Å². The van der Waals surface area contributed by atoms with Gasteiger partial charge in [0.05, 0.1) is 16.7 Å². The first-order valence-corrected chi connectivity index (χ1v) is 7.76. The molecule has 0 saturated carbocycles. The Kier molecular flexibility index (Phi) is 5.92. The second-order valence-corrected chi connectivity index (χ2v) is 5.70. The van der Waals surface area contributed by atoms with Crippen LogP contribution in [0.5, 0.6) is 5.75 Å². The van der Waals surface area contributed by atoms with E-state index in [1.165, 1.54) is 5.56 Å². The number of benzene rings is 2. The van der Waals surface area contributed by atoms with Crippen molar-refractivity contribution in [3.63, 3.8) is 0 Å². The fourth-order valence-corrected chi connectivity index (χ4v) is 2.58. The molecule has 2 aromatic carbocycles. The summed E-state index contributed by atoms with van der Waals surface area (Å²) in [4.78, 5) is 0. The minimum Gasteiger partial charge on any atom is -0.494 e. The zero-order chi connectivity index (χ0) is 15.2. The number of hydrogen-bond acceptors (Lipinski definition) is 2. The molecule has 4 heteroatoms. The van der Waals surface area contributed by atoms with Gasteiger partial charge in [-0.25, -0.2) is 0 Å². The van der Waals surface area contributed by atoms with Crippen molar-refractivity contribution >= 4 is 23.2 Å². The predicted octanol–water partition coefficient (Wildman–Crippen LogP) is 4.68. The van der Waals surface area contributed by atoms with E-state index in [0.29, 0.717) is 23.2 Å². The Morgan fingerprint density at radius 3 is 2.33 bits per heavy atom. The standard InChI is InChI=1S/C17H19Cl2NO/c1-2-21-15-6-3-12(4-7-15)9-14(11-20)13-5-8-16(18)17(19)10-13/h3-8,10,14H,2,9,11,20H2,1H3. The lowest BCUT2D eigenvalue weighted by atomic mass is 9.92. The van der Waals surface area contributed by atoms with Crippen molar-refractivity contribution in [1.29, 1.82) is 0 Å². The molecule has 0 saturated heterocycles. The van der Waals surface area contributed by atoms with E-state index in [1.807, 2.05) is 37.3 Å². The Morgan fingerprint density at radius 2 is 1.76 bits per heavy atom. The largest absolute Gasteiger partial charge is 0.494 e. The molecule has 0 aliphatic heterocycles. The average Bonchev–Trinajstić information content (AvgIpc) is 2.50. The van der Waals surface area contributed by atoms with Gasteiger partial charge in [-0.15, -0.1) is 0 Å². The van der Waals surface area contributed by atoms with Crippen LogP contribution < -0.4 is 10.5 Å². The quantitative estimate of drug-likeness (QED) is 0.837. The topological polar surface area (TPSA) is 35.2 Å². The van der Waals surface area contributed by atoms with Crippen LogP contribution in [0.25, 0.3) is 0 Å². The number of halogens is 2. The normalized spacial score (nSPS) is 12.2. The zero-order valence-corrected chi connectivity index (χ0v) is 13.5. The fourth-order valence-electron chi connectivity index (χ4n) is 2.28. The summed E-state index contributed by atoms with van der Waals surface area (Å²) in [6.45, 7) is 3.21. The van der Waals surface area contributed by atoms with Gasteiger partial charge >= 0.3 is 0 Å². The third kappa shape index (κ3) is 4.37. The number of ether oxygens (including phenoxy) is 1. The molecule has 0 fully saturated rings. The van der Waals surface area contributed by atoms with Crippen molar-refractivity contribution in [1.82, 2.24) is 0 Å². The van der Waals surface area contributed by atoms with Gasteiger partial charge in [0.2, 0.25) is 0 Å². The molecule has 0 aliphatic carbocycles. The summed E-state index contributed by atoms with van der Waals surface area (Å²) in [5, 5.41) is 1.14. The van der Waals surface area contributed by atoms with Crippen molar-refractivity contribution in [2.45, 2.75) is 19.3 Å². The molecular weight excluding hydrogens is 305 g/mol. The summed E-state index contributed by atoms with van der Waals surface area (Å²) < 4.78 is 5.45. The Morgan fingerprint density at radius 1 is 1.05 bits per heavy atom. The molecule has 1 atom stereocenters. The van der Waals surface area contributed by atoms with Gasteiger partial charge in [0.15, 0.2) is 0 Å². The summed E-state index contributed by atoms with van der Waals surface area (Å²) in [7, 11) is 0. The van der Waals surface area contributed by atoms with E-state index in [-0.39, 0.29) is 5.92 Å². The van der Waals surface area contributed by atoms with Gasteiger partial charge < -0.3 is 10.5 Å². The van der Waals surface area contributed by atoms with E-state index >= 15 is 0 Å². The van der Waals surface area contributed by atoms with Gasteiger partial charge in [-0.05, 0) is 55.3 Å². The summed E-state index contributed by atoms with van der Waals surface area (Å²) >= 11 is 12.0. The molecule has 0 spiro atoms. The predicted molar refractivity (Wildman–Crippen MR) is 89.6 cm³/mol. The van der Waals surface area contributed by atoms with E-state index in [9.17, 15) is 0 Å². The average molecular weight is 324 g/mol. The third-order valence-corrected chi connectivity index (χ3v) is 4.16. The lowest BCUT2D eigenvalue weighted by Gasteiger charge is -2.16. The highest BCUT2D eigenvalue weighted by molar-refractivity contribution is 6.42. The minimum atomic E-state index is 0.220. The molecule has 2 aromatic rings. The van der Waals surface area contributed by atoms with Crippen LogP contribution in [-0.4, -0.2) is 13.2 Å². The van der Waals surface area contributed by atoms with Gasteiger partial charge in [0, 0.05) is 5.92 Å². The molecule has 0 bridgehead atoms.